The average molecular weight is 506 g/mol. The highest BCUT2D eigenvalue weighted by molar-refractivity contribution is 7.90. The summed E-state index contributed by atoms with van der Waals surface area (Å²) in [6.45, 7) is 7.20. The fourth-order valence-electron chi connectivity index (χ4n) is 3.58. The molecule has 4 aromatic heterocycles. The Balaban J connectivity index is 1.46. The minimum atomic E-state index is -3.83. The molecule has 1 aromatic carbocycles. The van der Waals surface area contributed by atoms with Crippen molar-refractivity contribution in [1.29, 1.82) is 0 Å². The van der Waals surface area contributed by atoms with Gasteiger partial charge < -0.3 is 4.74 Å². The minimum Gasteiger partial charge on any atom is -0.444 e. The Morgan fingerprint density at radius 1 is 0.917 bits per heavy atom. The molecule has 1 N–H and O–H groups in total. The van der Waals surface area contributed by atoms with E-state index < -0.39 is 21.7 Å². The van der Waals surface area contributed by atoms with Gasteiger partial charge in [0.05, 0.1) is 17.3 Å². The number of aryl methyl sites for hydroxylation is 1. The number of fused-ring (bicyclic) bond motifs is 2. The SMILES string of the molecule is Cc1ccc(S(=O)(=O)n2ccc3nc(-n4ccc5nc(NC(=O)OC(C)(C)C)cnc54)cnc32)cc1. The van der Waals surface area contributed by atoms with Gasteiger partial charge in [-0.15, -0.1) is 0 Å². The van der Waals surface area contributed by atoms with Crippen LogP contribution in [0.3, 0.4) is 0 Å². The van der Waals surface area contributed by atoms with Crippen molar-refractivity contribution in [1.82, 2.24) is 28.5 Å². The normalized spacial score (nSPS) is 12.2. The molecule has 0 aliphatic heterocycles. The molecule has 5 rings (SSSR count). The second-order valence-electron chi connectivity index (χ2n) is 9.14. The Bertz CT molecular complexity index is 1720. The van der Waals surface area contributed by atoms with Crippen LogP contribution in [0, 0.1) is 6.92 Å². The third-order valence-electron chi connectivity index (χ3n) is 5.19. The number of benzene rings is 1. The lowest BCUT2D eigenvalue weighted by Crippen LogP contribution is -2.27. The largest absolute Gasteiger partial charge is 0.444 e. The summed E-state index contributed by atoms with van der Waals surface area (Å²) in [4.78, 5) is 30.0. The van der Waals surface area contributed by atoms with Gasteiger partial charge in [0.2, 0.25) is 0 Å². The average Bonchev–Trinajstić information content (AvgIpc) is 3.42. The number of nitrogens with zero attached hydrogens (tertiary/aromatic N) is 6. The zero-order chi connectivity index (χ0) is 25.7. The number of rotatable bonds is 4. The Hall–Kier alpha value is -4.32. The molecule has 0 unspecified atom stereocenters. The maximum atomic E-state index is 13.1. The fourth-order valence-corrected chi connectivity index (χ4v) is 4.87. The zero-order valence-electron chi connectivity index (χ0n) is 20.0. The van der Waals surface area contributed by atoms with E-state index in [1.165, 1.54) is 18.6 Å². The minimum absolute atomic E-state index is 0.166. The topological polar surface area (TPSA) is 134 Å². The van der Waals surface area contributed by atoms with Crippen LogP contribution < -0.4 is 5.32 Å². The second kappa shape index (κ2) is 8.41. The third kappa shape index (κ3) is 4.38. The van der Waals surface area contributed by atoms with Crippen molar-refractivity contribution in [3.05, 3.63) is 66.7 Å². The van der Waals surface area contributed by atoms with E-state index in [9.17, 15) is 13.2 Å². The van der Waals surface area contributed by atoms with Gasteiger partial charge in [-0.3, -0.25) is 9.88 Å². The van der Waals surface area contributed by atoms with Crippen molar-refractivity contribution in [2.75, 3.05) is 5.32 Å². The van der Waals surface area contributed by atoms with Crippen LogP contribution in [0.1, 0.15) is 26.3 Å². The van der Waals surface area contributed by atoms with Gasteiger partial charge in [-0.25, -0.2) is 37.1 Å². The molecule has 0 saturated carbocycles. The molecule has 0 fully saturated rings. The Morgan fingerprint density at radius 3 is 2.31 bits per heavy atom. The quantitative estimate of drug-likeness (QED) is 0.386. The molecule has 4 heterocycles. The van der Waals surface area contributed by atoms with Crippen LogP contribution in [0.4, 0.5) is 10.6 Å². The summed E-state index contributed by atoms with van der Waals surface area (Å²) in [5.41, 5.74) is 1.95. The maximum Gasteiger partial charge on any atom is 0.413 e. The first-order valence-electron chi connectivity index (χ1n) is 11.0. The first kappa shape index (κ1) is 23.4. The number of nitrogens with one attached hydrogen (secondary N) is 1. The molecular formula is C24H23N7O4S. The van der Waals surface area contributed by atoms with Gasteiger partial charge in [0.25, 0.3) is 10.0 Å². The predicted molar refractivity (Wildman–Crippen MR) is 134 cm³/mol. The van der Waals surface area contributed by atoms with Crippen LogP contribution in [0.2, 0.25) is 0 Å². The molecular weight excluding hydrogens is 482 g/mol. The van der Waals surface area contributed by atoms with Crippen molar-refractivity contribution in [3.8, 4) is 5.82 Å². The number of carbonyl (C=O) groups excluding carboxylic acids is 1. The standard InChI is InChI=1S/C24H23N7O4S/c1-15-5-7-16(8-6-15)36(33,34)31-12-10-18-22(31)26-14-20(28-18)30-11-9-17-21(30)25-13-19(27-17)29-23(32)35-24(2,3)4/h5-14H,1-4H3,(H,27,29,32). The highest BCUT2D eigenvalue weighted by Gasteiger charge is 2.21. The summed E-state index contributed by atoms with van der Waals surface area (Å²) in [5.74, 6) is 0.680. The molecule has 11 nitrogen and oxygen atoms in total. The van der Waals surface area contributed by atoms with Gasteiger partial charge in [0.1, 0.15) is 16.6 Å². The summed E-state index contributed by atoms with van der Waals surface area (Å²) < 4.78 is 34.3. The highest BCUT2D eigenvalue weighted by atomic mass is 32.2. The Kier molecular flexibility index (Phi) is 5.47. The van der Waals surface area contributed by atoms with Crippen LogP contribution in [-0.4, -0.2) is 48.6 Å². The Labute approximate surface area is 206 Å². The number of hydrogen-bond acceptors (Lipinski definition) is 8. The van der Waals surface area contributed by atoms with E-state index in [1.54, 1.807) is 67.9 Å². The second-order valence-corrected chi connectivity index (χ2v) is 11.0. The van der Waals surface area contributed by atoms with Crippen molar-refractivity contribution < 1.29 is 17.9 Å². The lowest BCUT2D eigenvalue weighted by molar-refractivity contribution is 0.0635. The van der Waals surface area contributed by atoms with E-state index in [0.717, 1.165) is 9.54 Å². The van der Waals surface area contributed by atoms with Gasteiger partial charge in [-0.05, 0) is 52.0 Å². The summed E-state index contributed by atoms with van der Waals surface area (Å²) in [6.07, 6.45) is 5.41. The third-order valence-corrected chi connectivity index (χ3v) is 6.87. The maximum absolute atomic E-state index is 13.1. The van der Waals surface area contributed by atoms with Crippen LogP contribution >= 0.6 is 0 Å². The van der Waals surface area contributed by atoms with Gasteiger partial charge in [-0.1, -0.05) is 17.7 Å². The van der Waals surface area contributed by atoms with E-state index >= 15 is 0 Å². The number of aromatic nitrogens is 6. The van der Waals surface area contributed by atoms with Gasteiger partial charge in [0, 0.05) is 12.4 Å². The first-order valence-corrected chi connectivity index (χ1v) is 12.5. The van der Waals surface area contributed by atoms with Gasteiger partial charge in [0.15, 0.2) is 22.9 Å². The van der Waals surface area contributed by atoms with Crippen molar-refractivity contribution in [2.45, 2.75) is 38.2 Å². The number of carbonyl (C=O) groups is 1. The summed E-state index contributed by atoms with van der Waals surface area (Å²) in [6, 6.07) is 9.94. The van der Waals surface area contributed by atoms with Crippen molar-refractivity contribution in [2.24, 2.45) is 0 Å². The van der Waals surface area contributed by atoms with Crippen molar-refractivity contribution in [3.63, 3.8) is 0 Å². The molecule has 0 radical (unpaired) electrons. The number of amides is 1. The van der Waals surface area contributed by atoms with Crippen LogP contribution in [0.25, 0.3) is 28.1 Å². The highest BCUT2D eigenvalue weighted by Crippen LogP contribution is 2.23. The predicted octanol–water partition coefficient (Wildman–Crippen LogP) is 4.06. The number of hydrogen-bond donors (Lipinski definition) is 1. The molecule has 0 saturated heterocycles. The van der Waals surface area contributed by atoms with Crippen LogP contribution in [0.15, 0.2) is 66.1 Å². The molecule has 12 heteroatoms. The first-order chi connectivity index (χ1) is 17.0. The molecule has 0 aliphatic carbocycles. The summed E-state index contributed by atoms with van der Waals surface area (Å²) in [7, 11) is -3.83. The molecule has 184 valence electrons. The molecule has 1 amide bonds. The smallest absolute Gasteiger partial charge is 0.413 e. The molecule has 0 spiro atoms. The van der Waals surface area contributed by atoms with E-state index in [0.29, 0.717) is 22.5 Å². The summed E-state index contributed by atoms with van der Waals surface area (Å²) >= 11 is 0. The number of anilines is 1. The van der Waals surface area contributed by atoms with Gasteiger partial charge in [-0.2, -0.15) is 0 Å². The summed E-state index contributed by atoms with van der Waals surface area (Å²) in [5, 5.41) is 2.57. The van der Waals surface area contributed by atoms with E-state index in [4.69, 9.17) is 4.74 Å². The van der Waals surface area contributed by atoms with E-state index in [-0.39, 0.29) is 16.4 Å². The molecule has 5 aromatic rings. The zero-order valence-corrected chi connectivity index (χ0v) is 20.8. The van der Waals surface area contributed by atoms with E-state index in [1.807, 2.05) is 6.92 Å². The monoisotopic (exact) mass is 505 g/mol. The Morgan fingerprint density at radius 2 is 1.58 bits per heavy atom. The lowest BCUT2D eigenvalue weighted by Gasteiger charge is -2.19. The molecule has 0 aliphatic rings. The fraction of sp³-hybridized carbons (Fsp3) is 0.208. The molecule has 36 heavy (non-hydrogen) atoms. The van der Waals surface area contributed by atoms with Crippen molar-refractivity contribution >= 4 is 44.3 Å². The van der Waals surface area contributed by atoms with Crippen LogP contribution in [0.5, 0.6) is 0 Å². The number of ether oxygens (including phenoxy) is 1. The lowest BCUT2D eigenvalue weighted by atomic mass is 10.2. The molecule has 0 bridgehead atoms. The molecule has 0 atom stereocenters. The van der Waals surface area contributed by atoms with Crippen LogP contribution in [-0.2, 0) is 14.8 Å². The van der Waals surface area contributed by atoms with Gasteiger partial charge >= 0.3 is 6.09 Å². The van der Waals surface area contributed by atoms with E-state index in [2.05, 4.69) is 25.3 Å².